The lowest BCUT2D eigenvalue weighted by molar-refractivity contribution is 0.372. The van der Waals surface area contributed by atoms with Crippen molar-refractivity contribution in [3.05, 3.63) is 29.1 Å². The Balaban J connectivity index is 2.16. The fraction of sp³-hybridized carbons (Fsp3) is 0.571. The van der Waals surface area contributed by atoms with Crippen LogP contribution < -0.4 is 10.1 Å². The van der Waals surface area contributed by atoms with Gasteiger partial charge in [-0.3, -0.25) is 0 Å². The standard InChI is InChI=1S/C14H20FNO/c1-10-12(6-11-4-3-5-16-9-11)7-13(15)8-14(10)17-2/h7-8,11,16H,3-6,9H2,1-2H3. The molecule has 1 aliphatic rings. The highest BCUT2D eigenvalue weighted by atomic mass is 19.1. The normalized spacial score (nSPS) is 20.3. The first-order valence-electron chi connectivity index (χ1n) is 6.24. The van der Waals surface area contributed by atoms with E-state index in [1.54, 1.807) is 13.2 Å². The van der Waals surface area contributed by atoms with Crippen molar-refractivity contribution in [1.82, 2.24) is 5.32 Å². The molecule has 1 heterocycles. The Kier molecular flexibility index (Phi) is 4.00. The Labute approximate surface area is 102 Å². The summed E-state index contributed by atoms with van der Waals surface area (Å²) in [6.45, 7) is 4.16. The number of halogens is 1. The van der Waals surface area contributed by atoms with Gasteiger partial charge in [-0.1, -0.05) is 0 Å². The summed E-state index contributed by atoms with van der Waals surface area (Å²) in [6, 6.07) is 3.10. The maximum atomic E-state index is 13.5. The van der Waals surface area contributed by atoms with E-state index in [0.717, 1.165) is 30.6 Å². The van der Waals surface area contributed by atoms with E-state index in [-0.39, 0.29) is 5.82 Å². The van der Waals surface area contributed by atoms with Gasteiger partial charge in [0.15, 0.2) is 0 Å². The maximum Gasteiger partial charge on any atom is 0.127 e. The molecule has 0 radical (unpaired) electrons. The molecule has 1 atom stereocenters. The van der Waals surface area contributed by atoms with Crippen molar-refractivity contribution in [2.24, 2.45) is 5.92 Å². The molecule has 0 saturated carbocycles. The second kappa shape index (κ2) is 5.50. The van der Waals surface area contributed by atoms with Crippen molar-refractivity contribution in [2.45, 2.75) is 26.2 Å². The van der Waals surface area contributed by atoms with Gasteiger partial charge < -0.3 is 10.1 Å². The third kappa shape index (κ3) is 2.97. The quantitative estimate of drug-likeness (QED) is 0.872. The topological polar surface area (TPSA) is 21.3 Å². The highest BCUT2D eigenvalue weighted by molar-refractivity contribution is 5.40. The third-order valence-corrected chi connectivity index (χ3v) is 3.56. The second-order valence-electron chi connectivity index (χ2n) is 4.81. The van der Waals surface area contributed by atoms with Crippen molar-refractivity contribution in [2.75, 3.05) is 20.2 Å². The molecule has 0 spiro atoms. The summed E-state index contributed by atoms with van der Waals surface area (Å²) in [4.78, 5) is 0. The van der Waals surface area contributed by atoms with E-state index in [1.807, 2.05) is 6.92 Å². The lowest BCUT2D eigenvalue weighted by Gasteiger charge is -2.23. The molecule has 1 saturated heterocycles. The van der Waals surface area contributed by atoms with E-state index >= 15 is 0 Å². The summed E-state index contributed by atoms with van der Waals surface area (Å²) in [5.74, 6) is 1.07. The number of methoxy groups -OCH3 is 1. The lowest BCUT2D eigenvalue weighted by atomic mass is 9.90. The SMILES string of the molecule is COc1cc(F)cc(CC2CCCNC2)c1C. The van der Waals surface area contributed by atoms with Crippen LogP contribution in [0.25, 0.3) is 0 Å². The Morgan fingerprint density at radius 2 is 2.29 bits per heavy atom. The number of nitrogens with one attached hydrogen (secondary N) is 1. The molecule has 17 heavy (non-hydrogen) atoms. The maximum absolute atomic E-state index is 13.5. The van der Waals surface area contributed by atoms with Gasteiger partial charge in [-0.15, -0.1) is 0 Å². The Hall–Kier alpha value is -1.09. The molecule has 1 N–H and O–H groups in total. The molecular formula is C14H20FNO. The number of hydrogen-bond donors (Lipinski definition) is 1. The van der Waals surface area contributed by atoms with Crippen LogP contribution in [0.4, 0.5) is 4.39 Å². The number of piperidine rings is 1. The van der Waals surface area contributed by atoms with Gasteiger partial charge in [0.1, 0.15) is 11.6 Å². The van der Waals surface area contributed by atoms with Crippen LogP contribution in [0, 0.1) is 18.7 Å². The van der Waals surface area contributed by atoms with Crippen LogP contribution >= 0.6 is 0 Å². The van der Waals surface area contributed by atoms with Crippen LogP contribution in [0.3, 0.4) is 0 Å². The van der Waals surface area contributed by atoms with Crippen LogP contribution in [0.5, 0.6) is 5.75 Å². The van der Waals surface area contributed by atoms with Crippen LogP contribution in [0.2, 0.25) is 0 Å². The number of benzene rings is 1. The summed E-state index contributed by atoms with van der Waals surface area (Å²) >= 11 is 0. The fourth-order valence-corrected chi connectivity index (χ4v) is 2.54. The van der Waals surface area contributed by atoms with E-state index in [1.165, 1.54) is 18.9 Å². The first-order valence-corrected chi connectivity index (χ1v) is 6.24. The fourth-order valence-electron chi connectivity index (χ4n) is 2.54. The van der Waals surface area contributed by atoms with Crippen molar-refractivity contribution in [3.63, 3.8) is 0 Å². The third-order valence-electron chi connectivity index (χ3n) is 3.56. The summed E-state index contributed by atoms with van der Waals surface area (Å²) < 4.78 is 18.7. The minimum atomic E-state index is -0.203. The zero-order valence-electron chi connectivity index (χ0n) is 10.6. The minimum absolute atomic E-state index is 0.203. The van der Waals surface area contributed by atoms with E-state index in [0.29, 0.717) is 11.7 Å². The molecule has 2 nitrogen and oxygen atoms in total. The first-order chi connectivity index (χ1) is 8.20. The highest BCUT2D eigenvalue weighted by Gasteiger charge is 2.16. The average molecular weight is 237 g/mol. The molecule has 1 aliphatic heterocycles. The first kappa shape index (κ1) is 12.4. The van der Waals surface area contributed by atoms with Gasteiger partial charge in [0.2, 0.25) is 0 Å². The predicted molar refractivity (Wildman–Crippen MR) is 67.0 cm³/mol. The summed E-state index contributed by atoms with van der Waals surface area (Å²) in [5, 5.41) is 3.39. The van der Waals surface area contributed by atoms with Crippen LogP contribution in [-0.4, -0.2) is 20.2 Å². The minimum Gasteiger partial charge on any atom is -0.496 e. The van der Waals surface area contributed by atoms with Crippen molar-refractivity contribution >= 4 is 0 Å². The van der Waals surface area contributed by atoms with Gasteiger partial charge in [-0.2, -0.15) is 0 Å². The monoisotopic (exact) mass is 237 g/mol. The number of ether oxygens (including phenoxy) is 1. The molecule has 1 aromatic rings. The van der Waals surface area contributed by atoms with Gasteiger partial charge in [0, 0.05) is 6.07 Å². The molecule has 0 aromatic heterocycles. The molecular weight excluding hydrogens is 217 g/mol. The Morgan fingerprint density at radius 3 is 2.94 bits per heavy atom. The van der Waals surface area contributed by atoms with Gasteiger partial charge >= 0.3 is 0 Å². The van der Waals surface area contributed by atoms with E-state index in [2.05, 4.69) is 5.32 Å². The average Bonchev–Trinajstić information content (AvgIpc) is 2.34. The Bertz CT molecular complexity index is 386. The summed E-state index contributed by atoms with van der Waals surface area (Å²) in [7, 11) is 1.59. The van der Waals surface area contributed by atoms with Gasteiger partial charge in [0.25, 0.3) is 0 Å². The van der Waals surface area contributed by atoms with Crippen molar-refractivity contribution in [3.8, 4) is 5.75 Å². The van der Waals surface area contributed by atoms with Crippen LogP contribution in [-0.2, 0) is 6.42 Å². The molecule has 3 heteroatoms. The highest BCUT2D eigenvalue weighted by Crippen LogP contribution is 2.26. The number of hydrogen-bond acceptors (Lipinski definition) is 2. The number of rotatable bonds is 3. The lowest BCUT2D eigenvalue weighted by Crippen LogP contribution is -2.31. The molecule has 0 amide bonds. The zero-order valence-corrected chi connectivity index (χ0v) is 10.6. The molecule has 1 aromatic carbocycles. The summed E-state index contributed by atoms with van der Waals surface area (Å²) in [6.07, 6.45) is 3.38. The zero-order chi connectivity index (χ0) is 12.3. The molecule has 0 bridgehead atoms. The van der Waals surface area contributed by atoms with Gasteiger partial charge in [-0.05, 0) is 62.4 Å². The van der Waals surface area contributed by atoms with Gasteiger partial charge in [0.05, 0.1) is 7.11 Å². The molecule has 2 rings (SSSR count). The summed E-state index contributed by atoms with van der Waals surface area (Å²) in [5.41, 5.74) is 2.15. The molecule has 94 valence electrons. The van der Waals surface area contributed by atoms with E-state index in [9.17, 15) is 4.39 Å². The molecule has 1 fully saturated rings. The Morgan fingerprint density at radius 1 is 1.47 bits per heavy atom. The van der Waals surface area contributed by atoms with Crippen LogP contribution in [0.15, 0.2) is 12.1 Å². The second-order valence-corrected chi connectivity index (χ2v) is 4.81. The smallest absolute Gasteiger partial charge is 0.127 e. The van der Waals surface area contributed by atoms with Crippen molar-refractivity contribution < 1.29 is 9.13 Å². The van der Waals surface area contributed by atoms with Gasteiger partial charge in [-0.25, -0.2) is 4.39 Å². The molecule has 1 unspecified atom stereocenters. The van der Waals surface area contributed by atoms with Crippen molar-refractivity contribution in [1.29, 1.82) is 0 Å². The predicted octanol–water partition coefficient (Wildman–Crippen LogP) is 2.68. The van der Waals surface area contributed by atoms with E-state index < -0.39 is 0 Å². The van der Waals surface area contributed by atoms with E-state index in [4.69, 9.17) is 4.74 Å². The largest absolute Gasteiger partial charge is 0.496 e. The molecule has 0 aliphatic carbocycles. The van der Waals surface area contributed by atoms with Crippen LogP contribution in [0.1, 0.15) is 24.0 Å².